The van der Waals surface area contributed by atoms with Gasteiger partial charge in [0.25, 0.3) is 0 Å². The summed E-state index contributed by atoms with van der Waals surface area (Å²) < 4.78 is 27.4. The standard InChI is InChI=1S/C13H27NO3S/c1-2-12-8-4-5-9-13(12)17-10-6-3-7-11-18(14,15)16/h12-13H,2-11H2,1H3,(H2,14,15,16). The third kappa shape index (κ3) is 6.71. The number of nitrogens with two attached hydrogens (primary N) is 1. The van der Waals surface area contributed by atoms with E-state index in [1.165, 1.54) is 32.1 Å². The second-order valence-corrected chi connectivity index (χ2v) is 7.02. The minimum Gasteiger partial charge on any atom is -0.378 e. The van der Waals surface area contributed by atoms with Gasteiger partial charge in [0.1, 0.15) is 0 Å². The van der Waals surface area contributed by atoms with Crippen LogP contribution in [0.1, 0.15) is 58.3 Å². The lowest BCUT2D eigenvalue weighted by molar-refractivity contribution is -0.0134. The summed E-state index contributed by atoms with van der Waals surface area (Å²) in [4.78, 5) is 0. The zero-order valence-corrected chi connectivity index (χ0v) is 12.3. The van der Waals surface area contributed by atoms with Crippen molar-refractivity contribution in [1.29, 1.82) is 0 Å². The Kier molecular flexibility index (Phi) is 7.19. The smallest absolute Gasteiger partial charge is 0.209 e. The molecule has 2 atom stereocenters. The van der Waals surface area contributed by atoms with Crippen LogP contribution in [0.15, 0.2) is 0 Å². The molecule has 0 aromatic rings. The predicted molar refractivity (Wildman–Crippen MR) is 73.8 cm³/mol. The summed E-state index contributed by atoms with van der Waals surface area (Å²) in [5.74, 6) is 0.816. The van der Waals surface area contributed by atoms with Crippen LogP contribution in [0.4, 0.5) is 0 Å². The minimum absolute atomic E-state index is 0.0913. The molecular formula is C13H27NO3S. The van der Waals surface area contributed by atoms with Gasteiger partial charge in [0, 0.05) is 6.61 Å². The third-order valence-corrected chi connectivity index (χ3v) is 4.63. The summed E-state index contributed by atoms with van der Waals surface area (Å²) in [6.45, 7) is 2.99. The number of primary sulfonamides is 1. The Balaban J connectivity index is 2.06. The van der Waals surface area contributed by atoms with E-state index >= 15 is 0 Å². The van der Waals surface area contributed by atoms with Gasteiger partial charge in [0.2, 0.25) is 10.0 Å². The van der Waals surface area contributed by atoms with Gasteiger partial charge in [-0.25, -0.2) is 13.6 Å². The molecule has 18 heavy (non-hydrogen) atoms. The van der Waals surface area contributed by atoms with E-state index < -0.39 is 10.0 Å². The summed E-state index contributed by atoms with van der Waals surface area (Å²) in [5.41, 5.74) is 0. The maximum atomic E-state index is 10.7. The molecule has 4 nitrogen and oxygen atoms in total. The average molecular weight is 277 g/mol. The largest absolute Gasteiger partial charge is 0.378 e. The monoisotopic (exact) mass is 277 g/mol. The quantitative estimate of drug-likeness (QED) is 0.693. The topological polar surface area (TPSA) is 69.4 Å². The van der Waals surface area contributed by atoms with E-state index in [1.54, 1.807) is 0 Å². The van der Waals surface area contributed by atoms with E-state index in [4.69, 9.17) is 9.88 Å². The molecule has 0 aliphatic heterocycles. The van der Waals surface area contributed by atoms with Gasteiger partial charge in [-0.2, -0.15) is 0 Å². The minimum atomic E-state index is -3.29. The van der Waals surface area contributed by atoms with Gasteiger partial charge >= 0.3 is 0 Å². The molecule has 1 aliphatic carbocycles. The second kappa shape index (κ2) is 8.12. The Morgan fingerprint density at radius 1 is 1.17 bits per heavy atom. The number of sulfonamides is 1. The van der Waals surface area contributed by atoms with Crippen molar-refractivity contribution in [2.24, 2.45) is 11.1 Å². The molecule has 1 fully saturated rings. The van der Waals surface area contributed by atoms with Gasteiger partial charge in [-0.05, 0) is 31.6 Å². The Morgan fingerprint density at radius 2 is 1.89 bits per heavy atom. The number of hydrogen-bond donors (Lipinski definition) is 1. The van der Waals surface area contributed by atoms with Crippen molar-refractivity contribution in [1.82, 2.24) is 0 Å². The van der Waals surface area contributed by atoms with Crippen LogP contribution in [-0.4, -0.2) is 26.9 Å². The Morgan fingerprint density at radius 3 is 2.56 bits per heavy atom. The molecule has 0 bridgehead atoms. The van der Waals surface area contributed by atoms with Crippen molar-refractivity contribution in [2.45, 2.75) is 64.4 Å². The molecule has 5 heteroatoms. The SMILES string of the molecule is CCC1CCCCC1OCCCCCS(N)(=O)=O. The predicted octanol–water partition coefficient (Wildman–Crippen LogP) is 2.43. The zero-order chi connectivity index (χ0) is 13.4. The first-order valence-electron chi connectivity index (χ1n) is 7.15. The normalized spacial score (nSPS) is 25.2. The number of unbranched alkanes of at least 4 members (excludes halogenated alkanes) is 2. The van der Waals surface area contributed by atoms with Crippen molar-refractivity contribution in [3.05, 3.63) is 0 Å². The average Bonchev–Trinajstić information content (AvgIpc) is 2.32. The molecule has 1 aliphatic rings. The summed E-state index contributed by atoms with van der Waals surface area (Å²) in [5, 5.41) is 4.94. The maximum Gasteiger partial charge on any atom is 0.209 e. The molecular weight excluding hydrogens is 250 g/mol. The van der Waals surface area contributed by atoms with Crippen molar-refractivity contribution >= 4 is 10.0 Å². The zero-order valence-electron chi connectivity index (χ0n) is 11.4. The lowest BCUT2D eigenvalue weighted by Gasteiger charge is -2.30. The molecule has 2 N–H and O–H groups in total. The summed E-state index contributed by atoms with van der Waals surface area (Å²) >= 11 is 0. The van der Waals surface area contributed by atoms with E-state index in [2.05, 4.69) is 6.92 Å². The summed E-state index contributed by atoms with van der Waals surface area (Å²) in [6, 6.07) is 0. The molecule has 1 rings (SSSR count). The van der Waals surface area contributed by atoms with E-state index in [-0.39, 0.29) is 5.75 Å². The van der Waals surface area contributed by atoms with Gasteiger partial charge in [-0.15, -0.1) is 0 Å². The summed E-state index contributed by atoms with van der Waals surface area (Å²) in [7, 11) is -3.29. The summed E-state index contributed by atoms with van der Waals surface area (Å²) in [6.07, 6.45) is 9.20. The number of rotatable bonds is 8. The highest BCUT2D eigenvalue weighted by Gasteiger charge is 2.23. The molecule has 2 unspecified atom stereocenters. The van der Waals surface area contributed by atoms with Crippen LogP contribution in [0.25, 0.3) is 0 Å². The van der Waals surface area contributed by atoms with E-state index in [9.17, 15) is 8.42 Å². The van der Waals surface area contributed by atoms with E-state index in [1.807, 2.05) is 0 Å². The van der Waals surface area contributed by atoms with Crippen LogP contribution in [0.3, 0.4) is 0 Å². The van der Waals surface area contributed by atoms with Crippen LogP contribution in [0.2, 0.25) is 0 Å². The van der Waals surface area contributed by atoms with Crippen LogP contribution < -0.4 is 5.14 Å². The molecule has 0 aromatic heterocycles. The lowest BCUT2D eigenvalue weighted by atomic mass is 9.85. The molecule has 0 radical (unpaired) electrons. The maximum absolute atomic E-state index is 10.7. The van der Waals surface area contributed by atoms with Gasteiger partial charge in [-0.1, -0.05) is 32.6 Å². The Labute approximate surface area is 111 Å². The highest BCUT2D eigenvalue weighted by atomic mass is 32.2. The fourth-order valence-corrected chi connectivity index (χ4v) is 3.28. The highest BCUT2D eigenvalue weighted by molar-refractivity contribution is 7.89. The highest BCUT2D eigenvalue weighted by Crippen LogP contribution is 2.29. The fourth-order valence-electron chi connectivity index (χ4n) is 2.68. The molecule has 0 amide bonds. The molecule has 0 aromatic carbocycles. The molecule has 1 saturated carbocycles. The van der Waals surface area contributed by atoms with Gasteiger partial charge < -0.3 is 4.74 Å². The van der Waals surface area contributed by atoms with Gasteiger partial charge in [0.15, 0.2) is 0 Å². The third-order valence-electron chi connectivity index (χ3n) is 3.77. The molecule has 0 spiro atoms. The van der Waals surface area contributed by atoms with Crippen molar-refractivity contribution in [2.75, 3.05) is 12.4 Å². The first kappa shape index (κ1) is 15.9. The lowest BCUT2D eigenvalue weighted by Crippen LogP contribution is -2.27. The van der Waals surface area contributed by atoms with Crippen molar-refractivity contribution in [3.63, 3.8) is 0 Å². The van der Waals surface area contributed by atoms with Crippen molar-refractivity contribution < 1.29 is 13.2 Å². The number of hydrogen-bond acceptors (Lipinski definition) is 3. The van der Waals surface area contributed by atoms with Crippen LogP contribution in [0, 0.1) is 5.92 Å². The van der Waals surface area contributed by atoms with Crippen LogP contribution in [-0.2, 0) is 14.8 Å². The first-order valence-corrected chi connectivity index (χ1v) is 8.86. The van der Waals surface area contributed by atoms with Gasteiger partial charge in [0.05, 0.1) is 11.9 Å². The Bertz CT molecular complexity index is 316. The molecule has 108 valence electrons. The van der Waals surface area contributed by atoms with Crippen LogP contribution in [0.5, 0.6) is 0 Å². The number of ether oxygens (including phenoxy) is 1. The van der Waals surface area contributed by atoms with Crippen molar-refractivity contribution in [3.8, 4) is 0 Å². The van der Waals surface area contributed by atoms with E-state index in [0.717, 1.165) is 25.4 Å². The molecule has 0 saturated heterocycles. The second-order valence-electron chi connectivity index (χ2n) is 5.29. The van der Waals surface area contributed by atoms with Gasteiger partial charge in [-0.3, -0.25) is 0 Å². The molecule has 0 heterocycles. The van der Waals surface area contributed by atoms with Crippen LogP contribution >= 0.6 is 0 Å². The Hall–Kier alpha value is -0.130. The van der Waals surface area contributed by atoms with E-state index in [0.29, 0.717) is 12.5 Å². The first-order chi connectivity index (χ1) is 8.53. The fraction of sp³-hybridized carbons (Fsp3) is 1.00.